The number of esters is 1. The Hall–Kier alpha value is -0.710. The van der Waals surface area contributed by atoms with E-state index in [2.05, 4.69) is 0 Å². The van der Waals surface area contributed by atoms with E-state index in [-0.39, 0.29) is 16.1 Å². The first kappa shape index (κ1) is 23.3. The molecule has 0 bridgehead atoms. The van der Waals surface area contributed by atoms with Crippen LogP contribution < -0.4 is 0 Å². The van der Waals surface area contributed by atoms with Gasteiger partial charge in [-0.3, -0.25) is 4.79 Å². The lowest BCUT2D eigenvalue weighted by Crippen LogP contribution is -2.43. The predicted molar refractivity (Wildman–Crippen MR) is 93.6 cm³/mol. The molecule has 0 radical (unpaired) electrons. The van der Waals surface area contributed by atoms with Gasteiger partial charge in [0, 0.05) is 6.54 Å². The Morgan fingerprint density at radius 3 is 2.00 bits per heavy atom. The Kier molecular flexibility index (Phi) is 10.7. The van der Waals surface area contributed by atoms with E-state index >= 15 is 0 Å². The number of nitrogens with zero attached hydrogens (tertiary/aromatic N) is 2. The molecule has 0 saturated carbocycles. The third-order valence-electron chi connectivity index (χ3n) is 3.56. The molecular weight excluding hydrogens is 356 g/mol. The first-order valence-electron chi connectivity index (χ1n) is 8.25. The highest BCUT2D eigenvalue weighted by Crippen LogP contribution is 2.12. The molecular formula is C14H30N2O6S2. The number of carbonyl (C=O) groups excluding carboxylic acids is 1. The van der Waals surface area contributed by atoms with Gasteiger partial charge in [0.05, 0.1) is 11.5 Å². The van der Waals surface area contributed by atoms with E-state index in [0.29, 0.717) is 19.4 Å². The van der Waals surface area contributed by atoms with Crippen molar-refractivity contribution in [3.63, 3.8) is 0 Å². The molecule has 0 atom stereocenters. The molecule has 0 heterocycles. The van der Waals surface area contributed by atoms with Crippen molar-refractivity contribution in [3.8, 4) is 0 Å². The van der Waals surface area contributed by atoms with Gasteiger partial charge in [0.15, 0.2) is 0 Å². The average molecular weight is 387 g/mol. The molecule has 0 N–H and O–H groups in total. The van der Waals surface area contributed by atoms with Gasteiger partial charge in [-0.1, -0.05) is 30.9 Å². The summed E-state index contributed by atoms with van der Waals surface area (Å²) in [5, 5.41) is 0. The maximum atomic E-state index is 12.2. The molecule has 0 aliphatic heterocycles. The van der Waals surface area contributed by atoms with Gasteiger partial charge in [0.25, 0.3) is 0 Å². The van der Waals surface area contributed by atoms with Crippen molar-refractivity contribution >= 4 is 26.0 Å². The van der Waals surface area contributed by atoms with Crippen LogP contribution in [0.3, 0.4) is 0 Å². The molecule has 8 nitrogen and oxygen atoms in total. The number of rotatable bonds is 13. The lowest BCUT2D eigenvalue weighted by atomic mass is 10.4. The quantitative estimate of drug-likeness (QED) is 0.428. The Morgan fingerprint density at radius 2 is 1.54 bits per heavy atom. The maximum Gasteiger partial charge on any atom is 0.322 e. The highest BCUT2D eigenvalue weighted by atomic mass is 32.3. The fraction of sp³-hybridized carbons (Fsp3) is 0.929. The van der Waals surface area contributed by atoms with Crippen LogP contribution in [0.1, 0.15) is 40.5 Å². The summed E-state index contributed by atoms with van der Waals surface area (Å²) in [6, 6.07) is 0. The van der Waals surface area contributed by atoms with Crippen LogP contribution in [0.25, 0.3) is 0 Å². The summed E-state index contributed by atoms with van der Waals surface area (Å²) in [5.41, 5.74) is 0. The van der Waals surface area contributed by atoms with Gasteiger partial charge in [0.2, 0.25) is 20.0 Å². The molecule has 0 aromatic rings. The summed E-state index contributed by atoms with van der Waals surface area (Å²) in [5.74, 6) is -1.57. The Morgan fingerprint density at radius 1 is 0.958 bits per heavy atom. The SMILES string of the molecule is CCCCS(=O)(=O)N(CC(=O)OCCN(CC)CC)S(=O)(=O)CC. The first-order valence-corrected chi connectivity index (χ1v) is 11.5. The number of ether oxygens (including phenoxy) is 1. The molecule has 0 fully saturated rings. The van der Waals surface area contributed by atoms with E-state index in [9.17, 15) is 21.6 Å². The summed E-state index contributed by atoms with van der Waals surface area (Å²) >= 11 is 0. The lowest BCUT2D eigenvalue weighted by Gasteiger charge is -2.21. The predicted octanol–water partition coefficient (Wildman–Crippen LogP) is 0.653. The van der Waals surface area contributed by atoms with E-state index in [1.165, 1.54) is 6.92 Å². The van der Waals surface area contributed by atoms with Gasteiger partial charge in [-0.2, -0.15) is 0 Å². The van der Waals surface area contributed by atoms with Gasteiger partial charge in [0.1, 0.15) is 13.2 Å². The smallest absolute Gasteiger partial charge is 0.322 e. The topological polar surface area (TPSA) is 101 Å². The summed E-state index contributed by atoms with van der Waals surface area (Å²) in [4.78, 5) is 13.9. The molecule has 0 rings (SSSR count). The molecule has 0 spiro atoms. The van der Waals surface area contributed by atoms with Gasteiger partial charge < -0.3 is 9.64 Å². The minimum Gasteiger partial charge on any atom is -0.463 e. The van der Waals surface area contributed by atoms with Gasteiger partial charge >= 0.3 is 5.97 Å². The molecule has 0 aliphatic carbocycles. The van der Waals surface area contributed by atoms with Gasteiger partial charge in [-0.25, -0.2) is 16.8 Å². The van der Waals surface area contributed by atoms with E-state index in [1.807, 2.05) is 18.7 Å². The van der Waals surface area contributed by atoms with E-state index in [1.54, 1.807) is 6.92 Å². The zero-order chi connectivity index (χ0) is 18.8. The van der Waals surface area contributed by atoms with E-state index in [0.717, 1.165) is 13.1 Å². The van der Waals surface area contributed by atoms with Crippen molar-refractivity contribution in [2.24, 2.45) is 0 Å². The van der Waals surface area contributed by atoms with Crippen molar-refractivity contribution < 1.29 is 26.4 Å². The first-order chi connectivity index (χ1) is 11.1. The van der Waals surface area contributed by atoms with Crippen LogP contribution in [0.15, 0.2) is 0 Å². The molecule has 0 aromatic heterocycles. The van der Waals surface area contributed by atoms with Crippen LogP contribution in [0.4, 0.5) is 0 Å². The molecule has 0 unspecified atom stereocenters. The highest BCUT2D eigenvalue weighted by molar-refractivity contribution is 8.04. The monoisotopic (exact) mass is 386 g/mol. The van der Waals surface area contributed by atoms with Crippen molar-refractivity contribution in [2.75, 3.05) is 44.3 Å². The zero-order valence-corrected chi connectivity index (χ0v) is 16.7. The minimum atomic E-state index is -4.07. The second-order valence-electron chi connectivity index (χ2n) is 5.25. The molecule has 24 heavy (non-hydrogen) atoms. The number of sulfonamides is 2. The van der Waals surface area contributed by atoms with Crippen molar-refractivity contribution in [1.82, 2.24) is 8.61 Å². The lowest BCUT2D eigenvalue weighted by molar-refractivity contribution is -0.143. The van der Waals surface area contributed by atoms with Crippen LogP contribution in [0.2, 0.25) is 0 Å². The molecule has 0 aromatic carbocycles. The second-order valence-corrected chi connectivity index (χ2v) is 9.67. The molecule has 0 amide bonds. The maximum absolute atomic E-state index is 12.2. The third-order valence-corrected chi connectivity index (χ3v) is 7.96. The third kappa shape index (κ3) is 7.91. The standard InChI is InChI=1S/C14H30N2O6S2/c1-5-9-12-24(20,21)16(23(18,19)8-4)13-14(17)22-11-10-15(6-2)7-3/h5-13H2,1-4H3. The fourth-order valence-corrected chi connectivity index (χ4v) is 5.60. The number of hydrogen-bond acceptors (Lipinski definition) is 7. The van der Waals surface area contributed by atoms with Gasteiger partial charge in [-0.05, 0) is 26.4 Å². The van der Waals surface area contributed by atoms with Crippen molar-refractivity contribution in [3.05, 3.63) is 0 Å². The van der Waals surface area contributed by atoms with Crippen LogP contribution in [0, 0.1) is 0 Å². The second kappa shape index (κ2) is 11.0. The summed E-state index contributed by atoms with van der Waals surface area (Å²) < 4.78 is 53.9. The van der Waals surface area contributed by atoms with E-state index in [4.69, 9.17) is 4.74 Å². The minimum absolute atomic E-state index is 0.0928. The molecule has 0 saturated heterocycles. The normalized spacial score (nSPS) is 12.8. The number of carbonyl (C=O) groups is 1. The van der Waals surface area contributed by atoms with Crippen LogP contribution in [0.5, 0.6) is 0 Å². The average Bonchev–Trinajstić information content (AvgIpc) is 2.54. The molecule has 144 valence electrons. The van der Waals surface area contributed by atoms with Crippen molar-refractivity contribution in [1.29, 1.82) is 0 Å². The zero-order valence-electron chi connectivity index (χ0n) is 15.0. The number of hydrogen-bond donors (Lipinski definition) is 0. The number of unbranched alkanes of at least 4 members (excludes halogenated alkanes) is 1. The molecule has 0 aliphatic rings. The molecule has 10 heteroatoms. The van der Waals surface area contributed by atoms with Crippen LogP contribution in [-0.4, -0.2) is 75.7 Å². The van der Waals surface area contributed by atoms with E-state index < -0.39 is 38.3 Å². The summed E-state index contributed by atoms with van der Waals surface area (Å²) in [6.07, 6.45) is 0.933. The van der Waals surface area contributed by atoms with Crippen molar-refractivity contribution in [2.45, 2.75) is 40.5 Å². The fourth-order valence-electron chi connectivity index (χ4n) is 1.92. The van der Waals surface area contributed by atoms with Crippen LogP contribution >= 0.6 is 0 Å². The summed E-state index contributed by atoms with van der Waals surface area (Å²) in [6.45, 7) is 8.49. The Bertz CT molecular complexity index is 570. The number of likely N-dealkylation sites (N-methyl/N-ethyl adjacent to an activating group) is 1. The van der Waals surface area contributed by atoms with Crippen LogP contribution in [-0.2, 0) is 29.6 Å². The highest BCUT2D eigenvalue weighted by Gasteiger charge is 2.34. The Balaban J connectivity index is 4.93. The Labute approximate surface area is 146 Å². The summed E-state index contributed by atoms with van der Waals surface area (Å²) in [7, 11) is -8.13. The largest absolute Gasteiger partial charge is 0.463 e. The van der Waals surface area contributed by atoms with Gasteiger partial charge in [-0.15, -0.1) is 0 Å².